The van der Waals surface area contributed by atoms with E-state index < -0.39 is 0 Å². The van der Waals surface area contributed by atoms with E-state index in [9.17, 15) is 4.79 Å². The Morgan fingerprint density at radius 3 is 2.82 bits per heavy atom. The number of benzene rings is 1. The molecular weight excluding hydrogens is 216 g/mol. The average Bonchev–Trinajstić information content (AvgIpc) is 3.05. The standard InChI is InChI=1S/C13H18N2O2/c1-15(2)8-10-3-6-12(14-9-16)13(7-10)17-11-4-5-11/h3,6-7,9,11H,4-5,8H2,1-2H3,(H,14,16). The number of anilines is 1. The van der Waals surface area contributed by atoms with Crippen LogP contribution < -0.4 is 10.1 Å². The molecule has 4 nitrogen and oxygen atoms in total. The van der Waals surface area contributed by atoms with Crippen LogP contribution in [0.3, 0.4) is 0 Å². The monoisotopic (exact) mass is 234 g/mol. The van der Waals surface area contributed by atoms with Crippen LogP contribution in [0.5, 0.6) is 5.75 Å². The largest absolute Gasteiger partial charge is 0.488 e. The summed E-state index contributed by atoms with van der Waals surface area (Å²) in [6, 6.07) is 5.90. The third-order valence-electron chi connectivity index (χ3n) is 2.58. The zero-order chi connectivity index (χ0) is 12.3. The highest BCUT2D eigenvalue weighted by atomic mass is 16.5. The first kappa shape index (κ1) is 11.9. The second kappa shape index (κ2) is 5.19. The van der Waals surface area contributed by atoms with Gasteiger partial charge in [0.2, 0.25) is 6.41 Å². The Kier molecular flexibility index (Phi) is 3.64. The Balaban J connectivity index is 2.17. The number of nitrogens with one attached hydrogen (secondary N) is 1. The van der Waals surface area contributed by atoms with Crippen LogP contribution in [0.15, 0.2) is 18.2 Å². The molecule has 4 heteroatoms. The second-order valence-electron chi connectivity index (χ2n) is 4.65. The average molecular weight is 234 g/mol. The van der Waals surface area contributed by atoms with E-state index in [0.29, 0.717) is 12.5 Å². The van der Waals surface area contributed by atoms with Crippen molar-refractivity contribution < 1.29 is 9.53 Å². The minimum absolute atomic E-state index is 0.330. The van der Waals surface area contributed by atoms with Crippen molar-refractivity contribution in [1.82, 2.24) is 4.90 Å². The first-order valence-electron chi connectivity index (χ1n) is 5.83. The molecule has 0 heterocycles. The smallest absolute Gasteiger partial charge is 0.211 e. The molecule has 0 atom stereocenters. The number of carbonyl (C=O) groups excluding carboxylic acids is 1. The minimum atomic E-state index is 0.330. The van der Waals surface area contributed by atoms with Crippen LogP contribution in [0.1, 0.15) is 18.4 Å². The van der Waals surface area contributed by atoms with Crippen molar-refractivity contribution >= 4 is 12.1 Å². The van der Waals surface area contributed by atoms with Crippen molar-refractivity contribution in [3.8, 4) is 5.75 Å². The Morgan fingerprint density at radius 2 is 2.24 bits per heavy atom. The van der Waals surface area contributed by atoms with Crippen LogP contribution >= 0.6 is 0 Å². The molecule has 1 aliphatic carbocycles. The Bertz CT molecular complexity index is 400. The molecule has 0 unspecified atom stereocenters. The van der Waals surface area contributed by atoms with Gasteiger partial charge in [-0.05, 0) is 44.6 Å². The van der Waals surface area contributed by atoms with Gasteiger partial charge in [-0.1, -0.05) is 6.07 Å². The number of carbonyl (C=O) groups is 1. The molecule has 1 fully saturated rings. The fourth-order valence-electron chi connectivity index (χ4n) is 1.68. The summed E-state index contributed by atoms with van der Waals surface area (Å²) in [6.07, 6.45) is 3.23. The molecule has 0 radical (unpaired) electrons. The van der Waals surface area contributed by atoms with Crippen molar-refractivity contribution in [2.24, 2.45) is 0 Å². The maximum atomic E-state index is 10.5. The number of rotatable bonds is 6. The molecule has 0 aliphatic heterocycles. The Morgan fingerprint density at radius 1 is 1.47 bits per heavy atom. The topological polar surface area (TPSA) is 41.6 Å². The first-order valence-corrected chi connectivity index (χ1v) is 5.83. The lowest BCUT2D eigenvalue weighted by Crippen LogP contribution is -2.11. The lowest BCUT2D eigenvalue weighted by molar-refractivity contribution is -0.105. The molecule has 17 heavy (non-hydrogen) atoms. The number of ether oxygens (including phenoxy) is 1. The fraction of sp³-hybridized carbons (Fsp3) is 0.462. The number of nitrogens with zero attached hydrogens (tertiary/aromatic N) is 1. The molecule has 1 N–H and O–H groups in total. The highest BCUT2D eigenvalue weighted by molar-refractivity contribution is 5.75. The van der Waals surface area contributed by atoms with Crippen molar-refractivity contribution in [3.63, 3.8) is 0 Å². The third kappa shape index (κ3) is 3.46. The van der Waals surface area contributed by atoms with Gasteiger partial charge in [-0.3, -0.25) is 4.79 Å². The molecule has 1 aliphatic rings. The van der Waals surface area contributed by atoms with Crippen molar-refractivity contribution in [3.05, 3.63) is 23.8 Å². The quantitative estimate of drug-likeness (QED) is 0.764. The van der Waals surface area contributed by atoms with Gasteiger partial charge < -0.3 is 15.0 Å². The highest BCUT2D eigenvalue weighted by Crippen LogP contribution is 2.32. The van der Waals surface area contributed by atoms with E-state index in [1.807, 2.05) is 32.3 Å². The molecule has 1 aromatic rings. The van der Waals surface area contributed by atoms with Crippen molar-refractivity contribution in [1.29, 1.82) is 0 Å². The van der Waals surface area contributed by atoms with E-state index in [0.717, 1.165) is 30.8 Å². The van der Waals surface area contributed by atoms with Gasteiger partial charge in [-0.2, -0.15) is 0 Å². The number of hydrogen-bond donors (Lipinski definition) is 1. The molecule has 2 rings (SSSR count). The van der Waals surface area contributed by atoms with Crippen LogP contribution in [0, 0.1) is 0 Å². The van der Waals surface area contributed by atoms with Gasteiger partial charge in [-0.15, -0.1) is 0 Å². The molecule has 0 spiro atoms. The summed E-state index contributed by atoms with van der Waals surface area (Å²) in [5.41, 5.74) is 1.93. The maximum absolute atomic E-state index is 10.5. The van der Waals surface area contributed by atoms with Crippen LogP contribution in [0.2, 0.25) is 0 Å². The molecule has 0 saturated heterocycles. The zero-order valence-corrected chi connectivity index (χ0v) is 10.3. The van der Waals surface area contributed by atoms with E-state index in [-0.39, 0.29) is 0 Å². The van der Waals surface area contributed by atoms with Crippen LogP contribution in [-0.4, -0.2) is 31.5 Å². The summed E-state index contributed by atoms with van der Waals surface area (Å²) in [5.74, 6) is 0.777. The summed E-state index contributed by atoms with van der Waals surface area (Å²) in [7, 11) is 4.05. The summed E-state index contributed by atoms with van der Waals surface area (Å²) in [5, 5.41) is 2.67. The van der Waals surface area contributed by atoms with E-state index in [2.05, 4.69) is 10.2 Å². The summed E-state index contributed by atoms with van der Waals surface area (Å²) >= 11 is 0. The lowest BCUT2D eigenvalue weighted by Gasteiger charge is -2.14. The van der Waals surface area contributed by atoms with E-state index in [1.165, 1.54) is 5.56 Å². The second-order valence-corrected chi connectivity index (χ2v) is 4.65. The van der Waals surface area contributed by atoms with E-state index >= 15 is 0 Å². The molecule has 1 amide bonds. The van der Waals surface area contributed by atoms with Crippen LogP contribution in [-0.2, 0) is 11.3 Å². The van der Waals surface area contributed by atoms with Gasteiger partial charge in [0.05, 0.1) is 11.8 Å². The van der Waals surface area contributed by atoms with Gasteiger partial charge in [0.1, 0.15) is 5.75 Å². The summed E-state index contributed by atoms with van der Waals surface area (Å²) in [6.45, 7) is 0.863. The molecular formula is C13H18N2O2. The highest BCUT2D eigenvalue weighted by Gasteiger charge is 2.24. The number of hydrogen-bond acceptors (Lipinski definition) is 3. The summed E-state index contributed by atoms with van der Waals surface area (Å²) < 4.78 is 5.79. The minimum Gasteiger partial charge on any atom is -0.488 e. The normalized spacial score (nSPS) is 14.8. The predicted molar refractivity (Wildman–Crippen MR) is 67.2 cm³/mol. The molecule has 1 saturated carbocycles. The van der Waals surface area contributed by atoms with Gasteiger partial charge in [0, 0.05) is 6.54 Å². The van der Waals surface area contributed by atoms with E-state index in [4.69, 9.17) is 4.74 Å². The lowest BCUT2D eigenvalue weighted by atomic mass is 10.2. The van der Waals surface area contributed by atoms with Crippen LogP contribution in [0.25, 0.3) is 0 Å². The molecule has 0 aromatic heterocycles. The number of amides is 1. The summed E-state index contributed by atoms with van der Waals surface area (Å²) in [4.78, 5) is 12.6. The third-order valence-corrected chi connectivity index (χ3v) is 2.58. The molecule has 92 valence electrons. The van der Waals surface area contributed by atoms with Crippen molar-refractivity contribution in [2.75, 3.05) is 19.4 Å². The zero-order valence-electron chi connectivity index (χ0n) is 10.3. The Hall–Kier alpha value is -1.55. The predicted octanol–water partition coefficient (Wildman–Crippen LogP) is 1.86. The Labute approximate surface area is 102 Å². The SMILES string of the molecule is CN(C)Cc1ccc(NC=O)c(OC2CC2)c1. The van der Waals surface area contributed by atoms with E-state index in [1.54, 1.807) is 0 Å². The first-order chi connectivity index (χ1) is 8.19. The van der Waals surface area contributed by atoms with Crippen molar-refractivity contribution in [2.45, 2.75) is 25.5 Å². The van der Waals surface area contributed by atoms with Gasteiger partial charge in [0.25, 0.3) is 0 Å². The molecule has 0 bridgehead atoms. The van der Waals surface area contributed by atoms with Gasteiger partial charge in [-0.25, -0.2) is 0 Å². The van der Waals surface area contributed by atoms with Gasteiger partial charge >= 0.3 is 0 Å². The fourth-order valence-corrected chi connectivity index (χ4v) is 1.68. The van der Waals surface area contributed by atoms with Crippen LogP contribution in [0.4, 0.5) is 5.69 Å². The maximum Gasteiger partial charge on any atom is 0.211 e. The molecule has 1 aromatic carbocycles. The van der Waals surface area contributed by atoms with Gasteiger partial charge in [0.15, 0.2) is 0 Å².